The maximum atomic E-state index is 5.29. The zero-order chi connectivity index (χ0) is 12.5. The van der Waals surface area contributed by atoms with E-state index in [9.17, 15) is 0 Å². The smallest absolute Gasteiger partial charge is 0.227 e. The summed E-state index contributed by atoms with van der Waals surface area (Å²) < 4.78 is 5.29. The largest absolute Gasteiger partial charge is 0.444 e. The van der Waals surface area contributed by atoms with E-state index in [0.717, 1.165) is 11.1 Å². The van der Waals surface area contributed by atoms with E-state index in [2.05, 4.69) is 35.9 Å². The van der Waals surface area contributed by atoms with Crippen molar-refractivity contribution in [2.45, 2.75) is 13.8 Å². The van der Waals surface area contributed by atoms with Gasteiger partial charge in [-0.2, -0.15) is 0 Å². The summed E-state index contributed by atoms with van der Waals surface area (Å²) in [5.74, 6) is 0.606. The third-order valence-corrected chi connectivity index (χ3v) is 4.07. The first-order chi connectivity index (χ1) is 8.74. The van der Waals surface area contributed by atoms with E-state index in [1.165, 1.54) is 15.3 Å². The van der Waals surface area contributed by atoms with Crippen LogP contribution in [0, 0.1) is 13.8 Å². The Labute approximate surface area is 109 Å². The van der Waals surface area contributed by atoms with Crippen LogP contribution in [0.2, 0.25) is 0 Å². The fraction of sp³-hybridized carbons (Fsp3) is 0.143. The first-order valence-corrected chi connectivity index (χ1v) is 6.48. The lowest BCUT2D eigenvalue weighted by Crippen LogP contribution is -1.82. The van der Waals surface area contributed by atoms with Gasteiger partial charge in [-0.05, 0) is 31.5 Å². The van der Waals surface area contributed by atoms with Crippen LogP contribution in [0.15, 0.2) is 41.4 Å². The number of aryl methyl sites for hydroxylation is 2. The van der Waals surface area contributed by atoms with Crippen LogP contribution in [0.3, 0.4) is 0 Å². The van der Waals surface area contributed by atoms with E-state index < -0.39 is 0 Å². The van der Waals surface area contributed by atoms with E-state index in [1.807, 2.05) is 6.20 Å². The molecule has 0 spiro atoms. The average molecular weight is 256 g/mol. The van der Waals surface area contributed by atoms with Crippen molar-refractivity contribution in [3.63, 3.8) is 0 Å². The minimum Gasteiger partial charge on any atom is -0.444 e. The van der Waals surface area contributed by atoms with Crippen molar-refractivity contribution in [2.75, 3.05) is 0 Å². The topological polar surface area (TPSA) is 38.9 Å². The third kappa shape index (κ3) is 1.95. The maximum Gasteiger partial charge on any atom is 0.227 e. The van der Waals surface area contributed by atoms with Gasteiger partial charge in [-0.15, -0.1) is 11.3 Å². The molecule has 0 aliphatic heterocycles. The summed E-state index contributed by atoms with van der Waals surface area (Å²) in [5.41, 5.74) is 3.32. The first kappa shape index (κ1) is 11.2. The van der Waals surface area contributed by atoms with Crippen molar-refractivity contribution in [2.24, 2.45) is 0 Å². The minimum atomic E-state index is 0.606. The zero-order valence-electron chi connectivity index (χ0n) is 10.2. The van der Waals surface area contributed by atoms with Crippen LogP contribution in [-0.2, 0) is 0 Å². The quantitative estimate of drug-likeness (QED) is 0.693. The monoisotopic (exact) mass is 256 g/mol. The molecule has 0 unspecified atom stereocenters. The van der Waals surface area contributed by atoms with E-state index >= 15 is 0 Å². The lowest BCUT2D eigenvalue weighted by Gasteiger charge is -1.99. The van der Waals surface area contributed by atoms with Crippen molar-refractivity contribution in [3.8, 4) is 21.9 Å². The summed E-state index contributed by atoms with van der Waals surface area (Å²) in [7, 11) is 0. The normalized spacial score (nSPS) is 10.8. The molecule has 3 nitrogen and oxygen atoms in total. The second-order valence-corrected chi connectivity index (χ2v) is 5.41. The molecule has 18 heavy (non-hydrogen) atoms. The molecular formula is C14H12N2OS. The highest BCUT2D eigenvalue weighted by molar-refractivity contribution is 7.15. The molecule has 0 saturated carbocycles. The SMILES string of the molecule is Cc1cc(-c2cncc(-c3ncco3)c2)sc1C. The van der Waals surface area contributed by atoms with Crippen molar-refractivity contribution in [1.82, 2.24) is 9.97 Å². The van der Waals surface area contributed by atoms with E-state index in [4.69, 9.17) is 4.42 Å². The molecule has 3 aromatic rings. The number of hydrogen-bond acceptors (Lipinski definition) is 4. The van der Waals surface area contributed by atoms with Crippen LogP contribution in [0.4, 0.5) is 0 Å². The van der Waals surface area contributed by atoms with Crippen molar-refractivity contribution < 1.29 is 4.42 Å². The molecule has 0 bridgehead atoms. The number of nitrogens with zero attached hydrogens (tertiary/aromatic N) is 2. The summed E-state index contributed by atoms with van der Waals surface area (Å²) in [6.07, 6.45) is 6.85. The molecule has 4 heteroatoms. The van der Waals surface area contributed by atoms with Gasteiger partial charge in [0.05, 0.1) is 11.8 Å². The van der Waals surface area contributed by atoms with Crippen LogP contribution in [0.1, 0.15) is 10.4 Å². The lowest BCUT2D eigenvalue weighted by molar-refractivity contribution is 0.574. The Morgan fingerprint density at radius 2 is 1.94 bits per heavy atom. The van der Waals surface area contributed by atoms with Gasteiger partial charge in [0.25, 0.3) is 0 Å². The van der Waals surface area contributed by atoms with Crippen LogP contribution < -0.4 is 0 Å². The summed E-state index contributed by atoms with van der Waals surface area (Å²) in [5, 5.41) is 0. The van der Waals surface area contributed by atoms with Crippen LogP contribution in [0.5, 0.6) is 0 Å². The Morgan fingerprint density at radius 3 is 2.61 bits per heavy atom. The van der Waals surface area contributed by atoms with Gasteiger partial charge in [-0.25, -0.2) is 4.98 Å². The molecule has 3 aromatic heterocycles. The molecule has 90 valence electrons. The highest BCUT2D eigenvalue weighted by Gasteiger charge is 2.08. The van der Waals surface area contributed by atoms with E-state index in [1.54, 1.807) is 30.0 Å². The van der Waals surface area contributed by atoms with Gasteiger partial charge >= 0.3 is 0 Å². The van der Waals surface area contributed by atoms with Gasteiger partial charge in [-0.3, -0.25) is 4.98 Å². The second-order valence-electron chi connectivity index (χ2n) is 4.15. The predicted molar refractivity (Wildman–Crippen MR) is 72.5 cm³/mol. The average Bonchev–Trinajstić information content (AvgIpc) is 3.01. The summed E-state index contributed by atoms with van der Waals surface area (Å²) in [6, 6.07) is 4.25. The molecule has 0 fully saturated rings. The standard InChI is InChI=1S/C14H12N2OS/c1-9-5-13(18-10(9)2)11-6-12(8-15-7-11)14-16-3-4-17-14/h3-8H,1-2H3. The van der Waals surface area contributed by atoms with Gasteiger partial charge in [0, 0.05) is 27.7 Å². The van der Waals surface area contributed by atoms with E-state index in [0.29, 0.717) is 5.89 Å². The number of pyridine rings is 1. The van der Waals surface area contributed by atoms with Crippen molar-refractivity contribution >= 4 is 11.3 Å². The fourth-order valence-electron chi connectivity index (χ4n) is 1.77. The first-order valence-electron chi connectivity index (χ1n) is 5.66. The number of oxazole rings is 1. The number of hydrogen-bond donors (Lipinski definition) is 0. The summed E-state index contributed by atoms with van der Waals surface area (Å²) in [4.78, 5) is 11.0. The Kier molecular flexibility index (Phi) is 2.72. The highest BCUT2D eigenvalue weighted by atomic mass is 32.1. The molecule has 3 rings (SSSR count). The Hall–Kier alpha value is -1.94. The molecule has 0 aliphatic rings. The molecular weight excluding hydrogens is 244 g/mol. The van der Waals surface area contributed by atoms with Gasteiger partial charge in [-0.1, -0.05) is 0 Å². The Bertz CT molecular complexity index is 651. The third-order valence-electron chi connectivity index (χ3n) is 2.87. The maximum absolute atomic E-state index is 5.29. The van der Waals surface area contributed by atoms with Gasteiger partial charge in [0.15, 0.2) is 0 Å². The molecule has 0 amide bonds. The molecule has 0 N–H and O–H groups in total. The summed E-state index contributed by atoms with van der Waals surface area (Å²) >= 11 is 1.78. The van der Waals surface area contributed by atoms with Crippen LogP contribution >= 0.6 is 11.3 Å². The number of aromatic nitrogens is 2. The van der Waals surface area contributed by atoms with Crippen LogP contribution in [-0.4, -0.2) is 9.97 Å². The molecule has 0 aliphatic carbocycles. The zero-order valence-corrected chi connectivity index (χ0v) is 11.0. The number of thiophene rings is 1. The second kappa shape index (κ2) is 4.38. The fourth-order valence-corrected chi connectivity index (χ4v) is 2.79. The van der Waals surface area contributed by atoms with Gasteiger partial charge in [0.1, 0.15) is 6.26 Å². The molecule has 0 atom stereocenters. The minimum absolute atomic E-state index is 0.606. The van der Waals surface area contributed by atoms with Gasteiger partial charge in [0.2, 0.25) is 5.89 Å². The van der Waals surface area contributed by atoms with Crippen molar-refractivity contribution in [1.29, 1.82) is 0 Å². The molecule has 3 heterocycles. The number of rotatable bonds is 2. The molecule has 0 radical (unpaired) electrons. The molecule has 0 saturated heterocycles. The summed E-state index contributed by atoms with van der Waals surface area (Å²) in [6.45, 7) is 4.26. The lowest BCUT2D eigenvalue weighted by atomic mass is 10.1. The van der Waals surface area contributed by atoms with Crippen LogP contribution in [0.25, 0.3) is 21.9 Å². The highest BCUT2D eigenvalue weighted by Crippen LogP contribution is 2.32. The predicted octanol–water partition coefficient (Wildman–Crippen LogP) is 4.08. The van der Waals surface area contributed by atoms with Crippen molar-refractivity contribution in [3.05, 3.63) is 47.4 Å². The Morgan fingerprint density at radius 1 is 1.11 bits per heavy atom. The molecule has 0 aromatic carbocycles. The van der Waals surface area contributed by atoms with Gasteiger partial charge < -0.3 is 4.42 Å². The Balaban J connectivity index is 2.06. The van der Waals surface area contributed by atoms with E-state index in [-0.39, 0.29) is 0 Å².